The molecule has 0 aliphatic heterocycles. The van der Waals surface area contributed by atoms with E-state index in [4.69, 9.17) is 10.2 Å². The Kier molecular flexibility index (Phi) is 18.4. The molecule has 70 heavy (non-hydrogen) atoms. The molecule has 0 fully saturated rings. The molecule has 0 aromatic rings. The summed E-state index contributed by atoms with van der Waals surface area (Å²) in [5.74, 6) is -125. The topological polar surface area (TPSA) is 122 Å². The Labute approximate surface area is 361 Å². The first kappa shape index (κ1) is 66.4. The lowest BCUT2D eigenvalue weighted by molar-refractivity contribution is -0.462. The summed E-state index contributed by atoms with van der Waals surface area (Å²) in [6.45, 7) is -11.6. The highest BCUT2D eigenvalue weighted by molar-refractivity contribution is 5.69. The van der Waals surface area contributed by atoms with E-state index >= 15 is 0 Å². The van der Waals surface area contributed by atoms with Crippen LogP contribution in [0.4, 0.5) is 149 Å². The van der Waals surface area contributed by atoms with Gasteiger partial charge in [0.1, 0.15) is 0 Å². The Bertz CT molecular complexity index is 1680. The lowest BCUT2D eigenvalue weighted by Gasteiger charge is -2.43. The summed E-state index contributed by atoms with van der Waals surface area (Å²) in [4.78, 5) is 21.8. The molecule has 2 atom stereocenters. The van der Waals surface area contributed by atoms with E-state index in [0.717, 1.165) is 0 Å². The van der Waals surface area contributed by atoms with Crippen LogP contribution >= 0.6 is 0 Å². The van der Waals surface area contributed by atoms with Crippen molar-refractivity contribution in [1.29, 1.82) is 0 Å². The van der Waals surface area contributed by atoms with Gasteiger partial charge in [-0.3, -0.25) is 19.4 Å². The Morgan fingerprint density at radius 3 is 0.657 bits per heavy atom. The molecule has 42 heteroatoms. The monoisotopic (exact) mass is 1130 g/mol. The summed E-state index contributed by atoms with van der Waals surface area (Å²) >= 11 is 0. The van der Waals surface area contributed by atoms with E-state index in [1.807, 2.05) is 0 Å². The number of halogens is 34. The molecule has 418 valence electrons. The van der Waals surface area contributed by atoms with Gasteiger partial charge in [0.25, 0.3) is 0 Å². The number of carboxylic acids is 2. The standard InChI is InChI=1S/C28H22F34N2O6/c29-13(30,15(33,34)17(37,38)19(41,42)21(45,46)23(49,50)25(53,54)27(57,58)59)3-9(65)5-63(7-11(67)68)1-2-64(8-12(69)70)6-10(66)4-14(31,32)16(35,36)18(39,40)20(43,44)22(47,48)24(51,52)26(55,56)28(60,61)62/h9-10,65-66H,1-8H2,(H,67,68)(H,69,70). The van der Waals surface area contributed by atoms with Crippen molar-refractivity contribution in [3.8, 4) is 0 Å². The van der Waals surface area contributed by atoms with Gasteiger partial charge in [-0.25, -0.2) is 0 Å². The summed E-state index contributed by atoms with van der Waals surface area (Å²) in [6, 6.07) is 0. The van der Waals surface area contributed by atoms with Gasteiger partial charge in [0.2, 0.25) is 0 Å². The number of hydrogen-bond acceptors (Lipinski definition) is 6. The fraction of sp³-hybridized carbons (Fsp3) is 0.929. The Morgan fingerprint density at radius 1 is 0.314 bits per heavy atom. The van der Waals surface area contributed by atoms with Crippen molar-refractivity contribution in [1.82, 2.24) is 9.80 Å². The average molecular weight is 1130 g/mol. The molecule has 0 aliphatic rings. The summed E-state index contributed by atoms with van der Waals surface area (Å²) in [7, 11) is 0. The van der Waals surface area contributed by atoms with Gasteiger partial charge in [-0.2, -0.15) is 149 Å². The molecular formula is C28H22F34N2O6. The highest BCUT2D eigenvalue weighted by Crippen LogP contribution is 2.66. The van der Waals surface area contributed by atoms with Crippen molar-refractivity contribution in [2.75, 3.05) is 39.3 Å². The third kappa shape index (κ3) is 11.0. The van der Waals surface area contributed by atoms with Crippen LogP contribution in [-0.4, -0.2) is 189 Å². The maximum atomic E-state index is 14.4. The fourth-order valence-corrected chi connectivity index (χ4v) is 5.10. The van der Waals surface area contributed by atoms with Gasteiger partial charge in [0, 0.05) is 39.0 Å². The van der Waals surface area contributed by atoms with Gasteiger partial charge in [0.15, 0.2) is 0 Å². The van der Waals surface area contributed by atoms with Crippen LogP contribution in [0.1, 0.15) is 12.8 Å². The zero-order chi connectivity index (χ0) is 57.1. The number of nitrogens with zero attached hydrogens (tertiary/aromatic N) is 2. The highest BCUT2D eigenvalue weighted by Gasteiger charge is 2.97. The van der Waals surface area contributed by atoms with E-state index in [9.17, 15) is 169 Å². The molecule has 0 radical (unpaired) electrons. The average Bonchev–Trinajstić information content (AvgIpc) is 3.10. The minimum absolute atomic E-state index is 0.299. The second-order valence-electron chi connectivity index (χ2n) is 14.3. The maximum Gasteiger partial charge on any atom is 0.460 e. The molecular weight excluding hydrogens is 1110 g/mol. The minimum atomic E-state index is -9.08. The summed E-state index contributed by atoms with van der Waals surface area (Å²) < 4.78 is 461. The molecule has 0 aromatic carbocycles. The lowest BCUT2D eigenvalue weighted by Crippen LogP contribution is -2.74. The van der Waals surface area contributed by atoms with E-state index in [0.29, 0.717) is 0 Å². The number of carbonyl (C=O) groups is 2. The van der Waals surface area contributed by atoms with Crippen molar-refractivity contribution in [2.45, 2.75) is 120 Å². The van der Waals surface area contributed by atoms with Crippen molar-refractivity contribution in [2.24, 2.45) is 0 Å². The van der Waals surface area contributed by atoms with E-state index in [1.165, 1.54) is 0 Å². The predicted molar refractivity (Wildman–Crippen MR) is 151 cm³/mol. The first-order valence-electron chi connectivity index (χ1n) is 16.7. The molecule has 0 spiro atoms. The molecule has 0 rings (SSSR count). The van der Waals surface area contributed by atoms with Gasteiger partial charge in [-0.1, -0.05) is 0 Å². The first-order valence-corrected chi connectivity index (χ1v) is 16.7. The van der Waals surface area contributed by atoms with Crippen molar-refractivity contribution < 1.29 is 179 Å². The predicted octanol–water partition coefficient (Wildman–Crippen LogP) is 9.28. The zero-order valence-corrected chi connectivity index (χ0v) is 32.2. The van der Waals surface area contributed by atoms with E-state index in [-0.39, 0.29) is 9.80 Å². The zero-order valence-electron chi connectivity index (χ0n) is 32.2. The van der Waals surface area contributed by atoms with Gasteiger partial charge < -0.3 is 20.4 Å². The van der Waals surface area contributed by atoms with Crippen LogP contribution in [0.3, 0.4) is 0 Å². The summed E-state index contributed by atoms with van der Waals surface area (Å²) in [5.41, 5.74) is 0. The van der Waals surface area contributed by atoms with E-state index in [1.54, 1.807) is 0 Å². The van der Waals surface area contributed by atoms with Gasteiger partial charge in [0.05, 0.1) is 25.3 Å². The Balaban J connectivity index is 6.69. The molecule has 0 amide bonds. The molecule has 0 aliphatic carbocycles. The smallest absolute Gasteiger partial charge is 0.460 e. The highest BCUT2D eigenvalue weighted by atomic mass is 19.4. The van der Waals surface area contributed by atoms with Crippen molar-refractivity contribution in [3.63, 3.8) is 0 Å². The molecule has 2 unspecified atom stereocenters. The van der Waals surface area contributed by atoms with E-state index < -0.39 is 172 Å². The number of aliphatic hydroxyl groups is 2. The number of rotatable bonds is 27. The second kappa shape index (κ2) is 19.3. The van der Waals surface area contributed by atoms with Crippen molar-refractivity contribution in [3.05, 3.63) is 0 Å². The quantitative estimate of drug-likeness (QED) is 0.0602. The molecule has 4 N–H and O–H groups in total. The SMILES string of the molecule is O=C(O)CN(CCN(CC(=O)O)CC(O)CC(F)(F)C(F)(F)C(F)(F)C(F)(F)C(F)(F)C(F)(F)C(F)(F)C(F)(F)F)CC(O)CC(F)(F)C(F)(F)C(F)(F)C(F)(F)C(F)(F)C(F)(F)C(F)(F)C(F)(F)F. The molecule has 0 aromatic heterocycles. The number of hydrogen-bond donors (Lipinski definition) is 4. The van der Waals surface area contributed by atoms with Crippen LogP contribution in [0.5, 0.6) is 0 Å². The lowest BCUT2D eigenvalue weighted by atomic mass is 9.87. The number of aliphatic carboxylic acids is 2. The van der Waals surface area contributed by atoms with Crippen LogP contribution in [0, 0.1) is 0 Å². The van der Waals surface area contributed by atoms with Crippen LogP contribution in [0.2, 0.25) is 0 Å². The van der Waals surface area contributed by atoms with Crippen LogP contribution < -0.4 is 0 Å². The third-order valence-electron chi connectivity index (χ3n) is 8.95. The maximum absolute atomic E-state index is 14.4. The molecule has 8 nitrogen and oxygen atoms in total. The van der Waals surface area contributed by atoms with Gasteiger partial charge >= 0.3 is 107 Å². The largest absolute Gasteiger partial charge is 0.480 e. The fourth-order valence-electron chi connectivity index (χ4n) is 5.10. The molecule has 0 saturated heterocycles. The Hall–Kier alpha value is -3.60. The Morgan fingerprint density at radius 2 is 0.486 bits per heavy atom. The number of aliphatic hydroxyl groups excluding tert-OH is 2. The van der Waals surface area contributed by atoms with Crippen molar-refractivity contribution >= 4 is 11.9 Å². The first-order chi connectivity index (χ1) is 30.1. The van der Waals surface area contributed by atoms with Crippen LogP contribution in [0.25, 0.3) is 0 Å². The number of alkyl halides is 34. The second-order valence-corrected chi connectivity index (χ2v) is 14.3. The number of carboxylic acid groups (broad SMARTS) is 2. The van der Waals surface area contributed by atoms with E-state index in [2.05, 4.69) is 0 Å². The normalized spacial score (nSPS) is 16.8. The molecule has 0 heterocycles. The van der Waals surface area contributed by atoms with Gasteiger partial charge in [-0.15, -0.1) is 0 Å². The third-order valence-corrected chi connectivity index (χ3v) is 8.95. The van der Waals surface area contributed by atoms with Crippen LogP contribution in [0.15, 0.2) is 0 Å². The van der Waals surface area contributed by atoms with Crippen LogP contribution in [-0.2, 0) is 9.59 Å². The summed E-state index contributed by atoms with van der Waals surface area (Å²) in [6.07, 6.45) is -31.0. The summed E-state index contributed by atoms with van der Waals surface area (Å²) in [5, 5.41) is 37.4. The minimum Gasteiger partial charge on any atom is -0.480 e. The molecule has 0 bridgehead atoms. The van der Waals surface area contributed by atoms with Gasteiger partial charge in [-0.05, 0) is 0 Å². The molecule has 0 saturated carbocycles.